The van der Waals surface area contributed by atoms with Crippen molar-refractivity contribution in [1.82, 2.24) is 0 Å². The minimum absolute atomic E-state index is 0.0217. The van der Waals surface area contributed by atoms with Gasteiger partial charge in [0, 0.05) is 12.2 Å². The lowest BCUT2D eigenvalue weighted by Gasteiger charge is -2.33. The van der Waals surface area contributed by atoms with Crippen molar-refractivity contribution in [3.8, 4) is 5.75 Å². The summed E-state index contributed by atoms with van der Waals surface area (Å²) >= 11 is 0. The van der Waals surface area contributed by atoms with Crippen molar-refractivity contribution in [2.24, 2.45) is 0 Å². The Labute approximate surface area is 117 Å². The van der Waals surface area contributed by atoms with Crippen LogP contribution in [0.15, 0.2) is 12.1 Å². The molecule has 0 radical (unpaired) electrons. The lowest BCUT2D eigenvalue weighted by atomic mass is 9.72. The maximum atomic E-state index is 10.3. The van der Waals surface area contributed by atoms with Crippen LogP contribution in [0, 0.1) is 0 Å². The largest absolute Gasteiger partial charge is 0.508 e. The van der Waals surface area contributed by atoms with Gasteiger partial charge in [-0.15, -0.1) is 0 Å². The highest BCUT2D eigenvalue weighted by Gasteiger charge is 2.30. The van der Waals surface area contributed by atoms with Gasteiger partial charge in [-0.25, -0.2) is 0 Å². The van der Waals surface area contributed by atoms with E-state index in [1.165, 1.54) is 11.1 Å². The number of phenols is 1. The summed E-state index contributed by atoms with van der Waals surface area (Å²) in [5, 5.41) is 19.3. The number of hydrogen-bond donors (Lipinski definition) is 2. The van der Waals surface area contributed by atoms with E-state index in [0.29, 0.717) is 5.75 Å². The molecule has 0 aliphatic carbocycles. The zero-order valence-corrected chi connectivity index (χ0v) is 13.2. The second-order valence-electron chi connectivity index (χ2n) is 7.32. The van der Waals surface area contributed by atoms with E-state index in [4.69, 9.17) is 5.11 Å². The normalized spacial score (nSPS) is 12.8. The van der Waals surface area contributed by atoms with Gasteiger partial charge >= 0.3 is 0 Å². The molecule has 0 atom stereocenters. The number of aliphatic hydroxyl groups is 1. The molecule has 2 N–H and O–H groups in total. The molecule has 0 amide bonds. The second-order valence-corrected chi connectivity index (χ2v) is 7.32. The fraction of sp³-hybridized carbons (Fsp3) is 0.647. The maximum absolute atomic E-state index is 10.3. The van der Waals surface area contributed by atoms with Gasteiger partial charge in [-0.2, -0.15) is 0 Å². The van der Waals surface area contributed by atoms with E-state index in [2.05, 4.69) is 41.5 Å². The van der Waals surface area contributed by atoms with Crippen molar-refractivity contribution >= 4 is 0 Å². The van der Waals surface area contributed by atoms with Crippen LogP contribution in [-0.2, 0) is 17.3 Å². The molecule has 0 fully saturated rings. The molecule has 1 rings (SSSR count). The van der Waals surface area contributed by atoms with E-state index in [9.17, 15) is 5.11 Å². The smallest absolute Gasteiger partial charge is 0.119 e. The summed E-state index contributed by atoms with van der Waals surface area (Å²) in [5.74, 6) is 0.380. The first-order chi connectivity index (χ1) is 8.59. The average molecular weight is 264 g/mol. The summed E-state index contributed by atoms with van der Waals surface area (Å²) in [6.45, 7) is 13.1. The van der Waals surface area contributed by atoms with Crippen LogP contribution in [-0.4, -0.2) is 16.8 Å². The van der Waals surface area contributed by atoms with Crippen LogP contribution in [0.4, 0.5) is 0 Å². The molecule has 0 saturated carbocycles. The van der Waals surface area contributed by atoms with E-state index >= 15 is 0 Å². The SMILES string of the molecule is CC(C)(C)c1c(O)ccc(CCCO)c1C(C)(C)C. The lowest BCUT2D eigenvalue weighted by molar-refractivity contribution is 0.288. The number of phenolic OH excluding ortho intramolecular Hbond substituents is 1. The third-order valence-corrected chi connectivity index (χ3v) is 3.37. The highest BCUT2D eigenvalue weighted by molar-refractivity contribution is 5.51. The average Bonchev–Trinajstić information content (AvgIpc) is 2.24. The highest BCUT2D eigenvalue weighted by atomic mass is 16.3. The van der Waals surface area contributed by atoms with Gasteiger partial charge in [0.1, 0.15) is 5.75 Å². The Bertz CT molecular complexity index is 434. The van der Waals surface area contributed by atoms with Crippen LogP contribution < -0.4 is 0 Å². The molecule has 1 aromatic carbocycles. The molecule has 2 heteroatoms. The monoisotopic (exact) mass is 264 g/mol. The molecule has 0 aliphatic heterocycles. The summed E-state index contributed by atoms with van der Waals surface area (Å²) < 4.78 is 0. The second kappa shape index (κ2) is 5.54. The molecule has 0 bridgehead atoms. The van der Waals surface area contributed by atoms with Crippen LogP contribution >= 0.6 is 0 Å². The standard InChI is InChI=1S/C17H28O2/c1-16(2,3)14-12(8-7-11-18)9-10-13(19)15(14)17(4,5)6/h9-10,18-19H,7-8,11H2,1-6H3. The minimum Gasteiger partial charge on any atom is -0.508 e. The van der Waals surface area contributed by atoms with Crippen LogP contribution in [0.2, 0.25) is 0 Å². The van der Waals surface area contributed by atoms with Gasteiger partial charge in [0.25, 0.3) is 0 Å². The van der Waals surface area contributed by atoms with E-state index in [-0.39, 0.29) is 17.4 Å². The zero-order valence-electron chi connectivity index (χ0n) is 13.2. The molecule has 19 heavy (non-hydrogen) atoms. The van der Waals surface area contributed by atoms with Crippen molar-refractivity contribution in [1.29, 1.82) is 0 Å². The molecule has 1 aromatic rings. The molecule has 2 nitrogen and oxygen atoms in total. The molecule has 0 aromatic heterocycles. The summed E-state index contributed by atoms with van der Waals surface area (Å²) in [6, 6.07) is 3.79. The van der Waals surface area contributed by atoms with Crippen molar-refractivity contribution in [2.45, 2.75) is 65.2 Å². The lowest BCUT2D eigenvalue weighted by Crippen LogP contribution is -2.24. The third-order valence-electron chi connectivity index (χ3n) is 3.37. The predicted molar refractivity (Wildman–Crippen MR) is 80.9 cm³/mol. The Morgan fingerprint density at radius 2 is 1.42 bits per heavy atom. The number of hydrogen-bond acceptors (Lipinski definition) is 2. The first-order valence-corrected chi connectivity index (χ1v) is 7.05. The number of rotatable bonds is 3. The molecular weight excluding hydrogens is 236 g/mol. The summed E-state index contributed by atoms with van der Waals surface area (Å²) in [7, 11) is 0. The quantitative estimate of drug-likeness (QED) is 0.869. The predicted octanol–water partition coefficient (Wildman–Crippen LogP) is 3.91. The number of aliphatic hydroxyl groups excluding tert-OH is 1. The Balaban J connectivity index is 3.52. The van der Waals surface area contributed by atoms with Crippen molar-refractivity contribution < 1.29 is 10.2 Å². The first kappa shape index (κ1) is 16.0. The van der Waals surface area contributed by atoms with Crippen LogP contribution in [0.25, 0.3) is 0 Å². The Morgan fingerprint density at radius 3 is 1.84 bits per heavy atom. The fourth-order valence-electron chi connectivity index (χ4n) is 2.73. The van der Waals surface area contributed by atoms with Gasteiger partial charge in [-0.1, -0.05) is 47.6 Å². The van der Waals surface area contributed by atoms with Gasteiger partial charge in [-0.05, 0) is 40.9 Å². The fourth-order valence-corrected chi connectivity index (χ4v) is 2.73. The minimum atomic E-state index is -0.0953. The van der Waals surface area contributed by atoms with E-state index in [0.717, 1.165) is 18.4 Å². The van der Waals surface area contributed by atoms with Gasteiger partial charge in [0.15, 0.2) is 0 Å². The van der Waals surface area contributed by atoms with Crippen molar-refractivity contribution in [3.63, 3.8) is 0 Å². The summed E-state index contributed by atoms with van der Waals surface area (Å²) in [4.78, 5) is 0. The number of aryl methyl sites for hydroxylation is 1. The molecule has 0 spiro atoms. The Kier molecular flexibility index (Phi) is 4.67. The van der Waals surface area contributed by atoms with Gasteiger partial charge < -0.3 is 10.2 Å². The van der Waals surface area contributed by atoms with Gasteiger partial charge in [0.05, 0.1) is 0 Å². The van der Waals surface area contributed by atoms with E-state index in [1.807, 2.05) is 6.07 Å². The molecule has 0 unspecified atom stereocenters. The molecule has 0 heterocycles. The van der Waals surface area contributed by atoms with Crippen molar-refractivity contribution in [3.05, 3.63) is 28.8 Å². The summed E-state index contributed by atoms with van der Waals surface area (Å²) in [6.07, 6.45) is 1.61. The van der Waals surface area contributed by atoms with Crippen molar-refractivity contribution in [2.75, 3.05) is 6.61 Å². The summed E-state index contributed by atoms with van der Waals surface area (Å²) in [5.41, 5.74) is 3.39. The molecule has 0 saturated heterocycles. The first-order valence-electron chi connectivity index (χ1n) is 7.05. The molecule has 0 aliphatic rings. The third kappa shape index (κ3) is 3.73. The Hall–Kier alpha value is -1.02. The Morgan fingerprint density at radius 1 is 0.895 bits per heavy atom. The maximum Gasteiger partial charge on any atom is 0.119 e. The highest BCUT2D eigenvalue weighted by Crippen LogP contribution is 2.41. The van der Waals surface area contributed by atoms with E-state index in [1.54, 1.807) is 6.07 Å². The molecular formula is C17H28O2. The van der Waals surface area contributed by atoms with Gasteiger partial charge in [-0.3, -0.25) is 0 Å². The molecule has 108 valence electrons. The zero-order chi connectivity index (χ0) is 14.8. The van der Waals surface area contributed by atoms with Crippen LogP contribution in [0.3, 0.4) is 0 Å². The number of aromatic hydroxyl groups is 1. The number of benzene rings is 1. The topological polar surface area (TPSA) is 40.5 Å². The van der Waals surface area contributed by atoms with Crippen LogP contribution in [0.1, 0.15) is 64.7 Å². The van der Waals surface area contributed by atoms with E-state index < -0.39 is 0 Å². The van der Waals surface area contributed by atoms with Crippen LogP contribution in [0.5, 0.6) is 5.75 Å². The van der Waals surface area contributed by atoms with Gasteiger partial charge in [0.2, 0.25) is 0 Å².